The van der Waals surface area contributed by atoms with Crippen molar-refractivity contribution in [2.45, 2.75) is 26.7 Å². The second-order valence-corrected chi connectivity index (χ2v) is 4.90. The topological polar surface area (TPSA) is 54.6 Å². The Bertz CT molecular complexity index is 660. The van der Waals surface area contributed by atoms with Crippen molar-refractivity contribution in [3.8, 4) is 0 Å². The predicted octanol–water partition coefficient (Wildman–Crippen LogP) is 3.09. The van der Waals surface area contributed by atoms with Gasteiger partial charge >= 0.3 is 13.4 Å². The number of carbonyl (C=O) groups is 1. The molecule has 0 saturated heterocycles. The number of rotatable bonds is 5. The van der Waals surface area contributed by atoms with E-state index >= 15 is 0 Å². The molecule has 4 nitrogen and oxygen atoms in total. The standard InChI is InChI=1S/C14H15BF2N2O2/c1-9-7-10(2)19(15(16)17)13(9)8-12-4-3-11(18-12)5-6-14(20)21/h3-4,7-8H,5-6H2,1-2H3,(H,20,21)/b12-8-. The molecule has 0 fully saturated rings. The molecule has 0 radical (unpaired) electrons. The summed E-state index contributed by atoms with van der Waals surface area (Å²) in [6.07, 6.45) is 5.35. The number of aliphatic imine (C=N–C) groups is 1. The van der Waals surface area contributed by atoms with E-state index < -0.39 is 13.4 Å². The highest BCUT2D eigenvalue weighted by Gasteiger charge is 2.23. The molecule has 7 heteroatoms. The van der Waals surface area contributed by atoms with Crippen molar-refractivity contribution in [3.05, 3.63) is 40.9 Å². The van der Waals surface area contributed by atoms with Crippen LogP contribution in [0, 0.1) is 13.8 Å². The van der Waals surface area contributed by atoms with E-state index in [9.17, 15) is 13.4 Å². The number of hydrogen-bond acceptors (Lipinski definition) is 2. The van der Waals surface area contributed by atoms with Crippen molar-refractivity contribution in [3.63, 3.8) is 0 Å². The second kappa shape index (κ2) is 6.07. The van der Waals surface area contributed by atoms with Crippen LogP contribution in [0.15, 0.2) is 28.9 Å². The zero-order valence-electron chi connectivity index (χ0n) is 11.8. The van der Waals surface area contributed by atoms with Crippen LogP contribution in [-0.4, -0.2) is 28.7 Å². The van der Waals surface area contributed by atoms with E-state index in [0.29, 0.717) is 29.2 Å². The van der Waals surface area contributed by atoms with E-state index in [1.807, 2.05) is 0 Å². The SMILES string of the molecule is Cc1cc(C)n(B(F)F)c1/C=C1/C=CC(CCC(=O)O)=N1. The monoisotopic (exact) mass is 292 g/mol. The van der Waals surface area contributed by atoms with Gasteiger partial charge in [-0.1, -0.05) is 0 Å². The summed E-state index contributed by atoms with van der Waals surface area (Å²) in [6.45, 7) is 3.40. The van der Waals surface area contributed by atoms with Crippen molar-refractivity contribution < 1.29 is 18.5 Å². The lowest BCUT2D eigenvalue weighted by atomic mass is 10.1. The van der Waals surface area contributed by atoms with E-state index in [2.05, 4.69) is 4.99 Å². The van der Waals surface area contributed by atoms with Crippen LogP contribution in [0.3, 0.4) is 0 Å². The van der Waals surface area contributed by atoms with E-state index in [-0.39, 0.29) is 6.42 Å². The minimum Gasteiger partial charge on any atom is -0.481 e. The molecule has 0 bridgehead atoms. The van der Waals surface area contributed by atoms with Gasteiger partial charge in [-0.25, -0.2) is 0 Å². The zero-order valence-corrected chi connectivity index (χ0v) is 11.8. The Morgan fingerprint density at radius 1 is 1.43 bits per heavy atom. The molecular weight excluding hydrogens is 277 g/mol. The largest absolute Gasteiger partial charge is 0.677 e. The molecule has 0 saturated carbocycles. The van der Waals surface area contributed by atoms with Gasteiger partial charge in [0.1, 0.15) is 0 Å². The van der Waals surface area contributed by atoms with Gasteiger partial charge in [0, 0.05) is 23.5 Å². The van der Waals surface area contributed by atoms with Crippen LogP contribution in [0.1, 0.15) is 29.8 Å². The second-order valence-electron chi connectivity index (χ2n) is 4.90. The molecule has 1 aliphatic heterocycles. The molecule has 0 amide bonds. The van der Waals surface area contributed by atoms with E-state index in [1.54, 1.807) is 38.1 Å². The Labute approximate surface area is 121 Å². The lowest BCUT2D eigenvalue weighted by Gasteiger charge is -2.05. The molecule has 0 spiro atoms. The van der Waals surface area contributed by atoms with Gasteiger partial charge in [0.15, 0.2) is 0 Å². The number of allylic oxidation sites excluding steroid dienone is 2. The van der Waals surface area contributed by atoms with Crippen LogP contribution in [0.25, 0.3) is 6.08 Å². The summed E-state index contributed by atoms with van der Waals surface area (Å²) in [4.78, 5) is 14.8. The van der Waals surface area contributed by atoms with Crippen molar-refractivity contribution in [2.24, 2.45) is 4.99 Å². The van der Waals surface area contributed by atoms with Gasteiger partial charge in [-0.05, 0) is 43.7 Å². The van der Waals surface area contributed by atoms with Crippen LogP contribution >= 0.6 is 0 Å². The Morgan fingerprint density at radius 2 is 2.14 bits per heavy atom. The van der Waals surface area contributed by atoms with Gasteiger partial charge in [-0.3, -0.25) is 18.4 Å². The number of aromatic nitrogens is 1. The Balaban J connectivity index is 2.26. The number of carboxylic acids is 1. The number of halogens is 2. The quantitative estimate of drug-likeness (QED) is 0.848. The van der Waals surface area contributed by atoms with E-state index in [4.69, 9.17) is 5.11 Å². The average molecular weight is 292 g/mol. The van der Waals surface area contributed by atoms with E-state index in [1.165, 1.54) is 0 Å². The first-order valence-electron chi connectivity index (χ1n) is 6.54. The number of nitrogens with zero attached hydrogens (tertiary/aromatic N) is 2. The molecule has 21 heavy (non-hydrogen) atoms. The zero-order chi connectivity index (χ0) is 15.6. The van der Waals surface area contributed by atoms with Crippen LogP contribution in [0.5, 0.6) is 0 Å². The normalized spacial score (nSPS) is 15.6. The van der Waals surface area contributed by atoms with Crippen molar-refractivity contribution in [1.29, 1.82) is 0 Å². The van der Waals surface area contributed by atoms with Crippen LogP contribution < -0.4 is 0 Å². The third-order valence-corrected chi connectivity index (χ3v) is 3.26. The Morgan fingerprint density at radius 3 is 2.76 bits per heavy atom. The summed E-state index contributed by atoms with van der Waals surface area (Å²) in [5, 5.41) is 8.63. The number of hydrogen-bond donors (Lipinski definition) is 1. The lowest BCUT2D eigenvalue weighted by Crippen LogP contribution is -2.16. The maximum Gasteiger partial charge on any atom is 0.677 e. The van der Waals surface area contributed by atoms with Gasteiger partial charge in [0.2, 0.25) is 0 Å². The van der Waals surface area contributed by atoms with Gasteiger partial charge in [-0.15, -0.1) is 0 Å². The fourth-order valence-corrected chi connectivity index (χ4v) is 2.30. The summed E-state index contributed by atoms with van der Waals surface area (Å²) >= 11 is 0. The highest BCUT2D eigenvalue weighted by Crippen LogP contribution is 2.22. The average Bonchev–Trinajstić information content (AvgIpc) is 2.93. The van der Waals surface area contributed by atoms with Crippen molar-refractivity contribution in [1.82, 2.24) is 4.48 Å². The van der Waals surface area contributed by atoms with Gasteiger partial charge in [-0.2, -0.15) is 0 Å². The first kappa shape index (κ1) is 15.2. The van der Waals surface area contributed by atoms with Crippen LogP contribution in [0.2, 0.25) is 0 Å². The molecule has 1 aromatic rings. The van der Waals surface area contributed by atoms with Crippen molar-refractivity contribution >= 4 is 25.2 Å². The smallest absolute Gasteiger partial charge is 0.481 e. The molecule has 0 aliphatic carbocycles. The molecular formula is C14H15BF2N2O2. The molecule has 110 valence electrons. The number of carboxylic acid groups (broad SMARTS) is 1. The first-order chi connectivity index (χ1) is 9.88. The lowest BCUT2D eigenvalue weighted by molar-refractivity contribution is -0.136. The van der Waals surface area contributed by atoms with Crippen LogP contribution in [0.4, 0.5) is 8.63 Å². The minimum absolute atomic E-state index is 0.00198. The van der Waals surface area contributed by atoms with Crippen molar-refractivity contribution in [2.75, 3.05) is 0 Å². The predicted molar refractivity (Wildman–Crippen MR) is 78.7 cm³/mol. The van der Waals surface area contributed by atoms with Gasteiger partial charge in [0.25, 0.3) is 0 Å². The minimum atomic E-state index is -2.61. The molecule has 0 atom stereocenters. The number of aryl methyl sites for hydroxylation is 2. The van der Waals surface area contributed by atoms with Gasteiger partial charge < -0.3 is 9.58 Å². The summed E-state index contributed by atoms with van der Waals surface area (Å²) in [5.41, 5.74) is 2.87. The highest BCUT2D eigenvalue weighted by molar-refractivity contribution is 6.41. The fourth-order valence-electron chi connectivity index (χ4n) is 2.30. The Hall–Kier alpha value is -2.18. The number of aliphatic carboxylic acids is 1. The summed E-state index contributed by atoms with van der Waals surface area (Å²) in [7, 11) is -2.61. The van der Waals surface area contributed by atoms with Gasteiger partial charge in [0.05, 0.1) is 12.1 Å². The Kier molecular flexibility index (Phi) is 4.40. The molecule has 2 heterocycles. The molecule has 0 aromatic carbocycles. The molecule has 2 rings (SSSR count). The fraction of sp³-hybridized carbons (Fsp3) is 0.286. The third-order valence-electron chi connectivity index (χ3n) is 3.26. The first-order valence-corrected chi connectivity index (χ1v) is 6.54. The molecule has 0 unspecified atom stereocenters. The highest BCUT2D eigenvalue weighted by atomic mass is 19.2. The molecule has 1 aliphatic rings. The van der Waals surface area contributed by atoms with E-state index in [0.717, 1.165) is 10.0 Å². The maximum absolute atomic E-state index is 13.1. The third kappa shape index (κ3) is 3.48. The maximum atomic E-state index is 13.1. The summed E-state index contributed by atoms with van der Waals surface area (Å²) in [5.74, 6) is -0.887. The summed E-state index contributed by atoms with van der Waals surface area (Å²) in [6, 6.07) is 1.70. The summed E-state index contributed by atoms with van der Waals surface area (Å²) < 4.78 is 27.1. The molecule has 1 aromatic heterocycles. The molecule has 1 N–H and O–H groups in total. The van der Waals surface area contributed by atoms with Crippen LogP contribution in [-0.2, 0) is 4.79 Å².